The predicted octanol–water partition coefficient (Wildman–Crippen LogP) is 0.779. The van der Waals surface area contributed by atoms with Gasteiger partial charge in [0.15, 0.2) is 0 Å². The molecular weight excluding hydrogens is 306 g/mol. The van der Waals surface area contributed by atoms with Crippen molar-refractivity contribution >= 4 is 5.91 Å². The van der Waals surface area contributed by atoms with E-state index >= 15 is 0 Å². The van der Waals surface area contributed by atoms with Crippen LogP contribution in [0.3, 0.4) is 0 Å². The number of likely N-dealkylation sites (tertiary alicyclic amines) is 1. The summed E-state index contributed by atoms with van der Waals surface area (Å²) >= 11 is 0. The number of nitrogens with zero attached hydrogens (tertiary/aromatic N) is 5. The number of rotatable bonds is 5. The van der Waals surface area contributed by atoms with Crippen LogP contribution >= 0.6 is 0 Å². The SMILES string of the molecule is CCc1n[nH]c(CN[C@@H]2CC(=O)N(C)[C@H]2c2c(C)nn(C)c2C)n1. The Labute approximate surface area is 141 Å². The van der Waals surface area contributed by atoms with Crippen molar-refractivity contribution in [3.63, 3.8) is 0 Å². The van der Waals surface area contributed by atoms with Gasteiger partial charge in [-0.1, -0.05) is 6.92 Å². The molecule has 3 heterocycles. The third kappa shape index (κ3) is 2.82. The van der Waals surface area contributed by atoms with Gasteiger partial charge in [-0.15, -0.1) is 0 Å². The third-order valence-electron chi connectivity index (χ3n) is 4.87. The Hall–Kier alpha value is -2.22. The molecule has 2 aromatic rings. The smallest absolute Gasteiger partial charge is 0.224 e. The summed E-state index contributed by atoms with van der Waals surface area (Å²) in [6.07, 6.45) is 1.28. The molecule has 2 atom stereocenters. The number of aromatic nitrogens is 5. The zero-order valence-corrected chi connectivity index (χ0v) is 14.9. The van der Waals surface area contributed by atoms with Crippen molar-refractivity contribution < 1.29 is 4.79 Å². The molecule has 24 heavy (non-hydrogen) atoms. The van der Waals surface area contributed by atoms with Crippen LogP contribution < -0.4 is 5.32 Å². The van der Waals surface area contributed by atoms with E-state index in [1.807, 2.05) is 44.4 Å². The topological polar surface area (TPSA) is 91.7 Å². The second-order valence-electron chi connectivity index (χ2n) is 6.40. The van der Waals surface area contributed by atoms with Crippen LogP contribution in [0.4, 0.5) is 0 Å². The van der Waals surface area contributed by atoms with Gasteiger partial charge in [-0.3, -0.25) is 14.6 Å². The van der Waals surface area contributed by atoms with Crippen LogP contribution in [-0.2, 0) is 24.8 Å². The standard InChI is InChI=1S/C16H25N7O/c1-6-12-18-13(20-19-12)8-17-11-7-14(24)22(4)16(11)15-9(2)21-23(5)10(15)3/h11,16-17H,6-8H2,1-5H3,(H,18,19,20)/t11-,16-/m1/s1. The lowest BCUT2D eigenvalue weighted by Crippen LogP contribution is -2.35. The molecule has 1 aliphatic heterocycles. The van der Waals surface area contributed by atoms with E-state index in [1.165, 1.54) is 0 Å². The highest BCUT2D eigenvalue weighted by atomic mass is 16.2. The van der Waals surface area contributed by atoms with Crippen molar-refractivity contribution in [2.45, 2.75) is 52.2 Å². The molecule has 1 amide bonds. The van der Waals surface area contributed by atoms with Crippen LogP contribution in [-0.4, -0.2) is 48.9 Å². The summed E-state index contributed by atoms with van der Waals surface area (Å²) in [6.45, 7) is 6.63. The number of amides is 1. The van der Waals surface area contributed by atoms with Crippen molar-refractivity contribution in [3.05, 3.63) is 28.6 Å². The Morgan fingerprint density at radius 3 is 2.67 bits per heavy atom. The maximum atomic E-state index is 12.3. The van der Waals surface area contributed by atoms with Gasteiger partial charge in [-0.2, -0.15) is 10.2 Å². The van der Waals surface area contributed by atoms with Crippen molar-refractivity contribution in [2.75, 3.05) is 7.05 Å². The van der Waals surface area contributed by atoms with Crippen molar-refractivity contribution in [3.8, 4) is 0 Å². The molecule has 0 radical (unpaired) electrons. The van der Waals surface area contributed by atoms with Crippen molar-refractivity contribution in [1.29, 1.82) is 0 Å². The van der Waals surface area contributed by atoms with Gasteiger partial charge in [0.05, 0.1) is 18.3 Å². The first-order valence-electron chi connectivity index (χ1n) is 8.31. The van der Waals surface area contributed by atoms with Gasteiger partial charge in [0.25, 0.3) is 0 Å². The average molecular weight is 331 g/mol. The second-order valence-corrected chi connectivity index (χ2v) is 6.40. The second kappa shape index (κ2) is 6.35. The van der Waals surface area contributed by atoms with Gasteiger partial charge in [0.1, 0.15) is 11.6 Å². The number of carbonyl (C=O) groups is 1. The first kappa shape index (κ1) is 16.6. The largest absolute Gasteiger partial charge is 0.337 e. The Bertz CT molecular complexity index is 748. The lowest BCUT2D eigenvalue weighted by atomic mass is 9.98. The van der Waals surface area contributed by atoms with E-state index in [9.17, 15) is 4.79 Å². The summed E-state index contributed by atoms with van der Waals surface area (Å²) in [7, 11) is 3.80. The molecule has 8 nitrogen and oxygen atoms in total. The van der Waals surface area contributed by atoms with Gasteiger partial charge in [-0.25, -0.2) is 4.98 Å². The third-order valence-corrected chi connectivity index (χ3v) is 4.87. The lowest BCUT2D eigenvalue weighted by Gasteiger charge is -2.26. The number of hydrogen-bond acceptors (Lipinski definition) is 5. The summed E-state index contributed by atoms with van der Waals surface area (Å²) < 4.78 is 1.88. The fraction of sp³-hybridized carbons (Fsp3) is 0.625. The van der Waals surface area contributed by atoms with Crippen molar-refractivity contribution in [2.24, 2.45) is 7.05 Å². The molecule has 0 unspecified atom stereocenters. The number of aromatic amines is 1. The highest BCUT2D eigenvalue weighted by Gasteiger charge is 2.40. The number of nitrogens with one attached hydrogen (secondary N) is 2. The summed E-state index contributed by atoms with van der Waals surface area (Å²) in [5.41, 5.74) is 3.20. The van der Waals surface area contributed by atoms with E-state index in [-0.39, 0.29) is 18.0 Å². The number of likely N-dealkylation sites (N-methyl/N-ethyl adjacent to an activating group) is 1. The molecule has 0 spiro atoms. The molecule has 1 aliphatic rings. The molecule has 0 aromatic carbocycles. The van der Waals surface area contributed by atoms with E-state index in [2.05, 4.69) is 25.6 Å². The molecule has 130 valence electrons. The van der Waals surface area contributed by atoms with E-state index < -0.39 is 0 Å². The van der Waals surface area contributed by atoms with Gasteiger partial charge in [-0.05, 0) is 13.8 Å². The fourth-order valence-electron chi connectivity index (χ4n) is 3.47. The lowest BCUT2D eigenvalue weighted by molar-refractivity contribution is -0.127. The quantitative estimate of drug-likeness (QED) is 0.845. The number of carbonyl (C=O) groups excluding carboxylic acids is 1. The monoisotopic (exact) mass is 331 g/mol. The molecule has 2 aromatic heterocycles. The Kier molecular flexibility index (Phi) is 4.40. The minimum absolute atomic E-state index is 0.0141. The van der Waals surface area contributed by atoms with E-state index in [0.717, 1.165) is 35.0 Å². The normalized spacial score (nSPS) is 21.0. The molecule has 0 saturated carbocycles. The molecule has 1 fully saturated rings. The number of aryl methyl sites for hydroxylation is 3. The van der Waals surface area contributed by atoms with Crippen LogP contribution in [0.5, 0.6) is 0 Å². The fourth-order valence-corrected chi connectivity index (χ4v) is 3.47. The average Bonchev–Trinajstić information content (AvgIpc) is 3.18. The molecule has 8 heteroatoms. The highest BCUT2D eigenvalue weighted by molar-refractivity contribution is 5.80. The maximum absolute atomic E-state index is 12.3. The van der Waals surface area contributed by atoms with Gasteiger partial charge in [0.2, 0.25) is 5.91 Å². The van der Waals surface area contributed by atoms with Crippen LogP contribution in [0.25, 0.3) is 0 Å². The molecular formula is C16H25N7O. The molecule has 0 bridgehead atoms. The van der Waals surface area contributed by atoms with Crippen LogP contribution in [0.1, 0.15) is 48.0 Å². The zero-order chi connectivity index (χ0) is 17.4. The van der Waals surface area contributed by atoms with Crippen LogP contribution in [0.15, 0.2) is 0 Å². The summed E-state index contributed by atoms with van der Waals surface area (Å²) in [4.78, 5) is 18.5. The van der Waals surface area contributed by atoms with Crippen molar-refractivity contribution in [1.82, 2.24) is 35.2 Å². The minimum Gasteiger partial charge on any atom is -0.337 e. The minimum atomic E-state index is -0.0141. The predicted molar refractivity (Wildman–Crippen MR) is 89.2 cm³/mol. The van der Waals surface area contributed by atoms with E-state index in [0.29, 0.717) is 13.0 Å². The zero-order valence-electron chi connectivity index (χ0n) is 14.9. The summed E-state index contributed by atoms with van der Waals surface area (Å²) in [6, 6.07) is 0.0130. The summed E-state index contributed by atoms with van der Waals surface area (Å²) in [5, 5.41) is 15.1. The molecule has 1 saturated heterocycles. The summed E-state index contributed by atoms with van der Waals surface area (Å²) in [5.74, 6) is 1.75. The van der Waals surface area contributed by atoms with Gasteiger partial charge < -0.3 is 10.2 Å². The molecule has 3 rings (SSSR count). The molecule has 2 N–H and O–H groups in total. The maximum Gasteiger partial charge on any atom is 0.224 e. The first-order chi connectivity index (χ1) is 11.4. The number of H-pyrrole nitrogens is 1. The van der Waals surface area contributed by atoms with Gasteiger partial charge >= 0.3 is 0 Å². The van der Waals surface area contributed by atoms with Crippen LogP contribution in [0.2, 0.25) is 0 Å². The van der Waals surface area contributed by atoms with Gasteiger partial charge in [0, 0.05) is 44.2 Å². The molecule has 0 aliphatic carbocycles. The Morgan fingerprint density at radius 2 is 2.08 bits per heavy atom. The van der Waals surface area contributed by atoms with E-state index in [1.54, 1.807) is 0 Å². The van der Waals surface area contributed by atoms with Crippen LogP contribution in [0, 0.1) is 13.8 Å². The number of hydrogen-bond donors (Lipinski definition) is 2. The Balaban J connectivity index is 1.81. The Morgan fingerprint density at radius 1 is 1.33 bits per heavy atom. The first-order valence-corrected chi connectivity index (χ1v) is 8.31. The highest BCUT2D eigenvalue weighted by Crippen LogP contribution is 2.35. The van der Waals surface area contributed by atoms with E-state index in [4.69, 9.17) is 0 Å².